The molecular formula is C44H54Si2. The first-order chi connectivity index (χ1) is 21.7. The summed E-state index contributed by atoms with van der Waals surface area (Å²) in [5.41, 5.74) is 13.9. The first-order valence-corrected chi connectivity index (χ1v) is 22.1. The second kappa shape index (κ2) is 13.1. The maximum atomic E-state index is 3.91. The molecule has 238 valence electrons. The molecular weight excluding hydrogens is 585 g/mol. The van der Waals surface area contributed by atoms with E-state index < -0.39 is 16.1 Å². The third kappa shape index (κ3) is 6.08. The van der Waals surface area contributed by atoms with E-state index in [1.54, 1.807) is 0 Å². The van der Waals surface area contributed by atoms with E-state index in [9.17, 15) is 0 Å². The first kappa shape index (κ1) is 34.0. The van der Waals surface area contributed by atoms with Crippen LogP contribution in [0.15, 0.2) is 72.8 Å². The normalized spacial score (nSPS) is 12.7. The first-order valence-electron chi connectivity index (χ1n) is 17.6. The third-order valence-corrected chi connectivity index (χ3v) is 23.9. The summed E-state index contributed by atoms with van der Waals surface area (Å²) in [5.74, 6) is 7.33. The highest BCUT2D eigenvalue weighted by Gasteiger charge is 2.42. The van der Waals surface area contributed by atoms with E-state index in [4.69, 9.17) is 0 Å². The average molecular weight is 639 g/mol. The van der Waals surface area contributed by atoms with Crippen LogP contribution in [0.1, 0.15) is 94.2 Å². The van der Waals surface area contributed by atoms with Crippen molar-refractivity contribution >= 4 is 59.2 Å². The van der Waals surface area contributed by atoms with E-state index in [1.165, 1.54) is 43.1 Å². The van der Waals surface area contributed by atoms with Crippen LogP contribution in [0.4, 0.5) is 0 Å². The maximum Gasteiger partial charge on any atom is 0.146 e. The molecule has 0 N–H and O–H groups in total. The van der Waals surface area contributed by atoms with Crippen LogP contribution < -0.4 is 0 Å². The number of fused-ring (bicyclic) bond motifs is 4. The van der Waals surface area contributed by atoms with E-state index in [2.05, 4.69) is 179 Å². The molecule has 0 radical (unpaired) electrons. The standard InChI is InChI=1S/C44H54Si2/c1-29(2)45(30(3)4,31(5)6)19-17-35-13-15-37-23-41-27-42-24-38-16-14-36(18-20-46(32(7)8,33(9)10)34(11)12)22-40(38)26-44(42)28-43(41)25-39(37)21-35/h13-16,21-34H,1-12H3. The summed E-state index contributed by atoms with van der Waals surface area (Å²) in [7, 11) is -3.55. The van der Waals surface area contributed by atoms with Gasteiger partial charge < -0.3 is 0 Å². The third-order valence-electron chi connectivity index (χ3n) is 11.3. The molecule has 0 nitrogen and oxygen atoms in total. The summed E-state index contributed by atoms with van der Waals surface area (Å²) in [4.78, 5) is 0. The number of hydrogen-bond acceptors (Lipinski definition) is 0. The zero-order valence-electron chi connectivity index (χ0n) is 30.4. The molecule has 0 fully saturated rings. The van der Waals surface area contributed by atoms with E-state index in [-0.39, 0.29) is 0 Å². The number of rotatable bonds is 6. The van der Waals surface area contributed by atoms with Gasteiger partial charge in [0.15, 0.2) is 0 Å². The van der Waals surface area contributed by atoms with Crippen molar-refractivity contribution < 1.29 is 0 Å². The average Bonchev–Trinajstić information content (AvgIpc) is 2.97. The van der Waals surface area contributed by atoms with Crippen LogP contribution in [0.3, 0.4) is 0 Å². The van der Waals surface area contributed by atoms with Gasteiger partial charge in [-0.2, -0.15) is 0 Å². The summed E-state index contributed by atoms with van der Waals surface area (Å²) in [6, 6.07) is 27.6. The van der Waals surface area contributed by atoms with Crippen LogP contribution >= 0.6 is 0 Å². The van der Waals surface area contributed by atoms with Crippen molar-refractivity contribution in [3.05, 3.63) is 83.9 Å². The van der Waals surface area contributed by atoms with E-state index in [0.717, 1.165) is 11.1 Å². The second-order valence-electron chi connectivity index (χ2n) is 15.7. The lowest BCUT2D eigenvalue weighted by Crippen LogP contribution is -2.43. The number of benzene rings is 5. The molecule has 5 aromatic carbocycles. The Morgan fingerprint density at radius 2 is 0.565 bits per heavy atom. The Bertz CT molecular complexity index is 1840. The van der Waals surface area contributed by atoms with Gasteiger partial charge in [-0.3, -0.25) is 0 Å². The lowest BCUT2D eigenvalue weighted by atomic mass is 9.96. The van der Waals surface area contributed by atoms with Crippen molar-refractivity contribution in [2.75, 3.05) is 0 Å². The molecule has 5 rings (SSSR count). The predicted octanol–water partition coefficient (Wildman–Crippen LogP) is 13.4. The van der Waals surface area contributed by atoms with Crippen LogP contribution in [-0.4, -0.2) is 16.1 Å². The van der Waals surface area contributed by atoms with Gasteiger partial charge >= 0.3 is 0 Å². The lowest BCUT2D eigenvalue weighted by Gasteiger charge is -2.38. The molecule has 0 spiro atoms. The fourth-order valence-electron chi connectivity index (χ4n) is 8.88. The van der Waals surface area contributed by atoms with Gasteiger partial charge in [-0.05, 0) is 137 Å². The topological polar surface area (TPSA) is 0 Å². The summed E-state index contributed by atoms with van der Waals surface area (Å²) >= 11 is 0. The summed E-state index contributed by atoms with van der Waals surface area (Å²) in [6.45, 7) is 28.6. The van der Waals surface area contributed by atoms with E-state index in [0.29, 0.717) is 33.2 Å². The van der Waals surface area contributed by atoms with Crippen molar-refractivity contribution in [1.29, 1.82) is 0 Å². The second-order valence-corrected chi connectivity index (χ2v) is 26.8. The molecule has 0 heterocycles. The lowest BCUT2D eigenvalue weighted by molar-refractivity contribution is 0.838. The maximum absolute atomic E-state index is 3.91. The Kier molecular flexibility index (Phi) is 9.67. The van der Waals surface area contributed by atoms with Crippen LogP contribution in [0.2, 0.25) is 33.2 Å². The van der Waals surface area contributed by atoms with Gasteiger partial charge in [0.05, 0.1) is 0 Å². The Morgan fingerprint density at radius 3 is 0.826 bits per heavy atom. The monoisotopic (exact) mass is 638 g/mol. The highest BCUT2D eigenvalue weighted by molar-refractivity contribution is 6.91. The minimum absolute atomic E-state index is 0.632. The summed E-state index contributed by atoms with van der Waals surface area (Å²) < 4.78 is 0. The molecule has 0 saturated heterocycles. The van der Waals surface area contributed by atoms with Crippen molar-refractivity contribution in [1.82, 2.24) is 0 Å². The molecule has 46 heavy (non-hydrogen) atoms. The van der Waals surface area contributed by atoms with Gasteiger partial charge in [0.1, 0.15) is 16.1 Å². The van der Waals surface area contributed by atoms with Gasteiger partial charge in [0.25, 0.3) is 0 Å². The van der Waals surface area contributed by atoms with E-state index >= 15 is 0 Å². The van der Waals surface area contributed by atoms with Gasteiger partial charge in [-0.15, -0.1) is 11.1 Å². The SMILES string of the molecule is CC(C)[Si](C#Cc1ccc2cc3cc4cc5ccc(C#C[Si](C(C)C)(C(C)C)C(C)C)cc5cc4cc3cc2c1)(C(C)C)C(C)C. The Morgan fingerprint density at radius 1 is 0.326 bits per heavy atom. The molecule has 0 bridgehead atoms. The molecule has 5 aromatic rings. The zero-order valence-corrected chi connectivity index (χ0v) is 32.4. The molecule has 0 saturated carbocycles. The van der Waals surface area contributed by atoms with E-state index in [1.807, 2.05) is 0 Å². The zero-order chi connectivity index (χ0) is 33.6. The van der Waals surface area contributed by atoms with Gasteiger partial charge in [0.2, 0.25) is 0 Å². The smallest absolute Gasteiger partial charge is 0.125 e. The molecule has 2 heteroatoms. The minimum atomic E-state index is -1.78. The summed E-state index contributed by atoms with van der Waals surface area (Å²) in [5, 5.41) is 10.2. The Labute approximate surface area is 281 Å². The predicted molar refractivity (Wildman–Crippen MR) is 212 cm³/mol. The van der Waals surface area contributed by atoms with Crippen LogP contribution in [0.5, 0.6) is 0 Å². The number of hydrogen-bond donors (Lipinski definition) is 0. The fraction of sp³-hybridized carbons (Fsp3) is 0.409. The minimum Gasteiger partial charge on any atom is -0.125 e. The molecule has 0 aromatic heterocycles. The van der Waals surface area contributed by atoms with Crippen LogP contribution in [-0.2, 0) is 0 Å². The summed E-state index contributed by atoms with van der Waals surface area (Å²) in [6.07, 6.45) is 0. The largest absolute Gasteiger partial charge is 0.146 e. The van der Waals surface area contributed by atoms with Crippen molar-refractivity contribution in [3.63, 3.8) is 0 Å². The molecule has 0 unspecified atom stereocenters. The van der Waals surface area contributed by atoms with Gasteiger partial charge in [-0.1, -0.05) is 107 Å². The highest BCUT2D eigenvalue weighted by Crippen LogP contribution is 2.42. The fourth-order valence-corrected chi connectivity index (χ4v) is 19.3. The quantitative estimate of drug-likeness (QED) is 0.0986. The Balaban J connectivity index is 1.57. The molecule has 0 amide bonds. The van der Waals surface area contributed by atoms with Crippen molar-refractivity contribution in [3.8, 4) is 22.9 Å². The molecule has 0 aliphatic carbocycles. The van der Waals surface area contributed by atoms with Gasteiger partial charge in [0, 0.05) is 11.1 Å². The molecule has 0 atom stereocenters. The molecule has 0 aliphatic heterocycles. The highest BCUT2D eigenvalue weighted by atomic mass is 28.3. The van der Waals surface area contributed by atoms with Gasteiger partial charge in [-0.25, -0.2) is 0 Å². The Hall–Kier alpha value is -3.31. The van der Waals surface area contributed by atoms with Crippen molar-refractivity contribution in [2.45, 2.75) is 116 Å². The van der Waals surface area contributed by atoms with Crippen LogP contribution in [0.25, 0.3) is 43.1 Å². The molecule has 0 aliphatic rings. The van der Waals surface area contributed by atoms with Crippen molar-refractivity contribution in [2.24, 2.45) is 0 Å². The van der Waals surface area contributed by atoms with Crippen LogP contribution in [0, 0.1) is 22.9 Å².